The SMILES string of the molecule is CC(C)NC1CC(CCCCO)C1. The fourth-order valence-electron chi connectivity index (χ4n) is 2.12. The van der Waals surface area contributed by atoms with Gasteiger partial charge < -0.3 is 10.4 Å². The van der Waals surface area contributed by atoms with E-state index in [1.807, 2.05) is 0 Å². The molecule has 1 aliphatic rings. The average molecular weight is 185 g/mol. The van der Waals surface area contributed by atoms with Crippen LogP contribution in [0.3, 0.4) is 0 Å². The van der Waals surface area contributed by atoms with E-state index < -0.39 is 0 Å². The van der Waals surface area contributed by atoms with E-state index in [-0.39, 0.29) is 0 Å². The molecule has 0 aromatic heterocycles. The summed E-state index contributed by atoms with van der Waals surface area (Å²) in [7, 11) is 0. The van der Waals surface area contributed by atoms with Crippen molar-refractivity contribution < 1.29 is 5.11 Å². The van der Waals surface area contributed by atoms with Crippen LogP contribution in [0.1, 0.15) is 46.0 Å². The Morgan fingerprint density at radius 3 is 2.54 bits per heavy atom. The Kier molecular flexibility index (Phi) is 4.74. The first-order chi connectivity index (χ1) is 6.22. The number of hydrogen-bond donors (Lipinski definition) is 2. The molecule has 0 aromatic carbocycles. The van der Waals surface area contributed by atoms with Crippen LogP contribution in [0.15, 0.2) is 0 Å². The van der Waals surface area contributed by atoms with Crippen molar-refractivity contribution in [2.75, 3.05) is 6.61 Å². The molecule has 0 aliphatic heterocycles. The van der Waals surface area contributed by atoms with Gasteiger partial charge in [0.25, 0.3) is 0 Å². The van der Waals surface area contributed by atoms with Crippen LogP contribution in [-0.2, 0) is 0 Å². The molecule has 0 spiro atoms. The molecule has 1 rings (SSSR count). The molecule has 1 fully saturated rings. The highest BCUT2D eigenvalue weighted by Gasteiger charge is 2.28. The molecule has 2 N–H and O–H groups in total. The number of hydrogen-bond acceptors (Lipinski definition) is 2. The summed E-state index contributed by atoms with van der Waals surface area (Å²) in [6.07, 6.45) is 6.21. The minimum Gasteiger partial charge on any atom is -0.396 e. The second-order valence-corrected chi connectivity index (χ2v) is 4.58. The van der Waals surface area contributed by atoms with E-state index in [4.69, 9.17) is 5.11 Å². The van der Waals surface area contributed by atoms with Gasteiger partial charge in [-0.1, -0.05) is 26.7 Å². The highest BCUT2D eigenvalue weighted by atomic mass is 16.2. The summed E-state index contributed by atoms with van der Waals surface area (Å²) in [5.41, 5.74) is 0. The van der Waals surface area contributed by atoms with Gasteiger partial charge in [0.2, 0.25) is 0 Å². The van der Waals surface area contributed by atoms with Crippen LogP contribution in [-0.4, -0.2) is 23.8 Å². The third-order valence-electron chi connectivity index (χ3n) is 2.83. The standard InChI is InChI=1S/C11H23NO/c1-9(2)12-11-7-10(8-11)5-3-4-6-13/h9-13H,3-8H2,1-2H3. The van der Waals surface area contributed by atoms with Crippen molar-refractivity contribution in [3.05, 3.63) is 0 Å². The van der Waals surface area contributed by atoms with E-state index in [9.17, 15) is 0 Å². The monoisotopic (exact) mass is 185 g/mol. The maximum absolute atomic E-state index is 8.63. The molecule has 0 bridgehead atoms. The number of aliphatic hydroxyl groups is 1. The van der Waals surface area contributed by atoms with Gasteiger partial charge in [0.1, 0.15) is 0 Å². The van der Waals surface area contributed by atoms with Gasteiger partial charge in [0, 0.05) is 18.7 Å². The molecule has 0 unspecified atom stereocenters. The predicted molar refractivity (Wildman–Crippen MR) is 55.7 cm³/mol. The molecule has 78 valence electrons. The molecule has 13 heavy (non-hydrogen) atoms. The quantitative estimate of drug-likeness (QED) is 0.620. The zero-order chi connectivity index (χ0) is 9.68. The molecule has 0 radical (unpaired) electrons. The first-order valence-electron chi connectivity index (χ1n) is 5.59. The maximum Gasteiger partial charge on any atom is 0.0431 e. The van der Waals surface area contributed by atoms with Crippen molar-refractivity contribution in [1.29, 1.82) is 0 Å². The van der Waals surface area contributed by atoms with Gasteiger partial charge in [-0.15, -0.1) is 0 Å². The van der Waals surface area contributed by atoms with E-state index in [1.54, 1.807) is 0 Å². The summed E-state index contributed by atoms with van der Waals surface area (Å²) in [4.78, 5) is 0. The van der Waals surface area contributed by atoms with Crippen LogP contribution in [0.25, 0.3) is 0 Å². The highest BCUT2D eigenvalue weighted by Crippen LogP contribution is 2.31. The molecule has 1 saturated carbocycles. The van der Waals surface area contributed by atoms with Gasteiger partial charge in [-0.2, -0.15) is 0 Å². The topological polar surface area (TPSA) is 32.3 Å². The van der Waals surface area contributed by atoms with Crippen LogP contribution in [0.5, 0.6) is 0 Å². The molecule has 0 amide bonds. The van der Waals surface area contributed by atoms with E-state index in [1.165, 1.54) is 25.7 Å². The molecular weight excluding hydrogens is 162 g/mol. The van der Waals surface area contributed by atoms with Crippen molar-refractivity contribution in [3.63, 3.8) is 0 Å². The van der Waals surface area contributed by atoms with Gasteiger partial charge in [-0.25, -0.2) is 0 Å². The van der Waals surface area contributed by atoms with E-state index >= 15 is 0 Å². The summed E-state index contributed by atoms with van der Waals surface area (Å²) < 4.78 is 0. The zero-order valence-corrected chi connectivity index (χ0v) is 8.92. The largest absolute Gasteiger partial charge is 0.396 e. The van der Waals surface area contributed by atoms with Gasteiger partial charge in [0.15, 0.2) is 0 Å². The lowest BCUT2D eigenvalue weighted by molar-refractivity contribution is 0.190. The third-order valence-corrected chi connectivity index (χ3v) is 2.83. The Bertz CT molecular complexity index is 130. The Morgan fingerprint density at radius 1 is 1.31 bits per heavy atom. The number of unbranched alkanes of at least 4 members (excludes halogenated alkanes) is 1. The van der Waals surface area contributed by atoms with E-state index in [0.717, 1.165) is 18.4 Å². The number of aliphatic hydroxyl groups excluding tert-OH is 1. The summed E-state index contributed by atoms with van der Waals surface area (Å²) >= 11 is 0. The van der Waals surface area contributed by atoms with Gasteiger partial charge in [0.05, 0.1) is 0 Å². The molecule has 2 nitrogen and oxygen atoms in total. The van der Waals surface area contributed by atoms with Crippen LogP contribution in [0.2, 0.25) is 0 Å². The lowest BCUT2D eigenvalue weighted by Crippen LogP contribution is -2.44. The van der Waals surface area contributed by atoms with Crippen LogP contribution in [0.4, 0.5) is 0 Å². The lowest BCUT2D eigenvalue weighted by atomic mass is 9.77. The zero-order valence-electron chi connectivity index (χ0n) is 8.92. The number of rotatable bonds is 6. The first-order valence-corrected chi connectivity index (χ1v) is 5.59. The molecule has 0 aromatic rings. The van der Waals surface area contributed by atoms with Crippen molar-refractivity contribution >= 4 is 0 Å². The summed E-state index contributed by atoms with van der Waals surface area (Å²) in [6.45, 7) is 4.78. The minimum absolute atomic E-state index is 0.362. The molecule has 0 heterocycles. The second kappa shape index (κ2) is 5.61. The molecule has 0 saturated heterocycles. The van der Waals surface area contributed by atoms with Crippen LogP contribution >= 0.6 is 0 Å². The van der Waals surface area contributed by atoms with Crippen molar-refractivity contribution in [3.8, 4) is 0 Å². The normalized spacial score (nSPS) is 27.7. The van der Waals surface area contributed by atoms with Crippen LogP contribution in [0, 0.1) is 5.92 Å². The minimum atomic E-state index is 0.362. The average Bonchev–Trinajstić information content (AvgIpc) is 1.99. The summed E-state index contributed by atoms with van der Waals surface area (Å²) in [5.74, 6) is 0.933. The van der Waals surface area contributed by atoms with Crippen molar-refractivity contribution in [2.45, 2.75) is 58.0 Å². The predicted octanol–water partition coefficient (Wildman–Crippen LogP) is 1.93. The summed E-state index contributed by atoms with van der Waals surface area (Å²) in [5, 5.41) is 12.2. The maximum atomic E-state index is 8.63. The first kappa shape index (κ1) is 11.0. The fourth-order valence-corrected chi connectivity index (χ4v) is 2.12. The van der Waals surface area contributed by atoms with Crippen molar-refractivity contribution in [2.24, 2.45) is 5.92 Å². The fraction of sp³-hybridized carbons (Fsp3) is 1.00. The molecule has 2 heteroatoms. The van der Waals surface area contributed by atoms with Gasteiger partial charge in [-0.3, -0.25) is 0 Å². The second-order valence-electron chi connectivity index (χ2n) is 4.58. The molecule has 1 aliphatic carbocycles. The Morgan fingerprint density at radius 2 is 2.00 bits per heavy atom. The van der Waals surface area contributed by atoms with E-state index in [2.05, 4.69) is 19.2 Å². The number of nitrogens with one attached hydrogen (secondary N) is 1. The summed E-state index contributed by atoms with van der Waals surface area (Å²) in [6, 6.07) is 1.41. The Labute approximate surface area is 81.7 Å². The molecule has 0 atom stereocenters. The van der Waals surface area contributed by atoms with Crippen molar-refractivity contribution in [1.82, 2.24) is 5.32 Å². The lowest BCUT2D eigenvalue weighted by Gasteiger charge is -2.37. The Balaban J connectivity index is 1.92. The third kappa shape index (κ3) is 4.10. The smallest absolute Gasteiger partial charge is 0.0431 e. The Hall–Kier alpha value is -0.0800. The van der Waals surface area contributed by atoms with Crippen LogP contribution < -0.4 is 5.32 Å². The highest BCUT2D eigenvalue weighted by molar-refractivity contribution is 4.85. The van der Waals surface area contributed by atoms with Gasteiger partial charge in [-0.05, 0) is 25.2 Å². The van der Waals surface area contributed by atoms with Gasteiger partial charge >= 0.3 is 0 Å². The van der Waals surface area contributed by atoms with E-state index in [0.29, 0.717) is 12.6 Å². The molecular formula is C11H23NO.